The van der Waals surface area contributed by atoms with Gasteiger partial charge in [0, 0.05) is 26.4 Å². The van der Waals surface area contributed by atoms with Gasteiger partial charge in [0.05, 0.1) is 0 Å². The number of hydrogen-bond donors (Lipinski definition) is 0. The van der Waals surface area contributed by atoms with Crippen LogP contribution in [0.5, 0.6) is 0 Å². The second-order valence-corrected chi connectivity index (χ2v) is 5.32. The fraction of sp³-hybridized carbons (Fsp3) is 1.00. The first-order valence-corrected chi connectivity index (χ1v) is 6.78. The zero-order valence-corrected chi connectivity index (χ0v) is 11.6. The van der Waals surface area contributed by atoms with Crippen LogP contribution in [0.4, 0.5) is 0 Å². The predicted molar refractivity (Wildman–Crippen MR) is 69.8 cm³/mol. The summed E-state index contributed by atoms with van der Waals surface area (Å²) in [7, 11) is 0. The Hall–Kier alpha value is -0.0800. The Morgan fingerprint density at radius 1 is 0.688 bits per heavy atom. The normalized spacial score (nSPS) is 11.6. The van der Waals surface area contributed by atoms with Crippen molar-refractivity contribution in [2.24, 2.45) is 11.8 Å². The summed E-state index contributed by atoms with van der Waals surface area (Å²) in [5.41, 5.74) is 0. The molecule has 0 saturated heterocycles. The van der Waals surface area contributed by atoms with E-state index in [4.69, 9.17) is 9.47 Å². The molecule has 0 aliphatic carbocycles. The van der Waals surface area contributed by atoms with E-state index in [0.717, 1.165) is 45.2 Å². The molecule has 0 fully saturated rings. The summed E-state index contributed by atoms with van der Waals surface area (Å²) >= 11 is 0. The highest BCUT2D eigenvalue weighted by molar-refractivity contribution is 4.45. The molecule has 0 saturated carbocycles. The molecule has 16 heavy (non-hydrogen) atoms. The van der Waals surface area contributed by atoms with E-state index in [2.05, 4.69) is 27.7 Å². The molecule has 0 radical (unpaired) electrons. The van der Waals surface area contributed by atoms with Crippen LogP contribution in [0.3, 0.4) is 0 Å². The zero-order valence-electron chi connectivity index (χ0n) is 11.6. The maximum Gasteiger partial charge on any atom is 0.0488 e. The Labute approximate surface area is 102 Å². The zero-order chi connectivity index (χ0) is 12.2. The second kappa shape index (κ2) is 11.4. The summed E-state index contributed by atoms with van der Waals surface area (Å²) in [6.45, 7) is 12.4. The van der Waals surface area contributed by atoms with Gasteiger partial charge in [-0.3, -0.25) is 0 Å². The van der Waals surface area contributed by atoms with Crippen LogP contribution in [0.2, 0.25) is 0 Å². The smallest absolute Gasteiger partial charge is 0.0488 e. The third-order valence-corrected chi connectivity index (χ3v) is 2.35. The first kappa shape index (κ1) is 15.9. The topological polar surface area (TPSA) is 18.5 Å². The van der Waals surface area contributed by atoms with E-state index >= 15 is 0 Å². The van der Waals surface area contributed by atoms with E-state index in [-0.39, 0.29) is 0 Å². The molecule has 2 heteroatoms. The third kappa shape index (κ3) is 13.9. The predicted octanol–water partition coefficient (Wildman–Crippen LogP) is 3.89. The number of hydrogen-bond acceptors (Lipinski definition) is 2. The maximum atomic E-state index is 5.56. The second-order valence-electron chi connectivity index (χ2n) is 5.32. The average Bonchev–Trinajstić information content (AvgIpc) is 2.20. The molecule has 0 aromatic carbocycles. The van der Waals surface area contributed by atoms with Crippen molar-refractivity contribution in [1.29, 1.82) is 0 Å². The van der Waals surface area contributed by atoms with Crippen molar-refractivity contribution < 1.29 is 9.47 Å². The number of rotatable bonds is 11. The quantitative estimate of drug-likeness (QED) is 0.501. The van der Waals surface area contributed by atoms with E-state index in [1.807, 2.05) is 0 Å². The molecule has 0 N–H and O–H groups in total. The summed E-state index contributed by atoms with van der Waals surface area (Å²) in [6.07, 6.45) is 4.72. The van der Waals surface area contributed by atoms with Crippen LogP contribution in [0.25, 0.3) is 0 Å². The standard InChI is InChI=1S/C14H30O2/c1-13(2)8-7-11-15-9-5-6-10-16-12-14(3)4/h13-14H,5-12H2,1-4H3. The fourth-order valence-electron chi connectivity index (χ4n) is 1.42. The molecule has 0 unspecified atom stereocenters. The lowest BCUT2D eigenvalue weighted by atomic mass is 10.1. The third-order valence-electron chi connectivity index (χ3n) is 2.35. The molecular weight excluding hydrogens is 200 g/mol. The molecule has 0 aromatic heterocycles. The SMILES string of the molecule is CC(C)CCCOCCCCOCC(C)C. The molecule has 0 rings (SSSR count). The van der Waals surface area contributed by atoms with Gasteiger partial charge < -0.3 is 9.47 Å². The van der Waals surface area contributed by atoms with Crippen molar-refractivity contribution in [3.05, 3.63) is 0 Å². The van der Waals surface area contributed by atoms with Crippen molar-refractivity contribution in [1.82, 2.24) is 0 Å². The van der Waals surface area contributed by atoms with E-state index < -0.39 is 0 Å². The highest BCUT2D eigenvalue weighted by atomic mass is 16.5. The van der Waals surface area contributed by atoms with Crippen molar-refractivity contribution in [2.75, 3.05) is 26.4 Å². The van der Waals surface area contributed by atoms with Gasteiger partial charge in [0.1, 0.15) is 0 Å². The molecule has 2 nitrogen and oxygen atoms in total. The fourth-order valence-corrected chi connectivity index (χ4v) is 1.42. The van der Waals surface area contributed by atoms with Gasteiger partial charge in [-0.2, -0.15) is 0 Å². The van der Waals surface area contributed by atoms with E-state index in [1.165, 1.54) is 12.8 Å². The Kier molecular flexibility index (Phi) is 11.3. The Morgan fingerprint density at radius 3 is 1.81 bits per heavy atom. The Balaban J connectivity index is 2.93. The van der Waals surface area contributed by atoms with E-state index in [1.54, 1.807) is 0 Å². The minimum Gasteiger partial charge on any atom is -0.381 e. The minimum atomic E-state index is 0.646. The summed E-state index contributed by atoms with van der Waals surface area (Å²) in [5.74, 6) is 1.44. The molecule has 0 aliphatic heterocycles. The minimum absolute atomic E-state index is 0.646. The van der Waals surface area contributed by atoms with Gasteiger partial charge in [0.25, 0.3) is 0 Å². The van der Waals surface area contributed by atoms with Gasteiger partial charge in [-0.25, -0.2) is 0 Å². The van der Waals surface area contributed by atoms with Gasteiger partial charge in [-0.15, -0.1) is 0 Å². The van der Waals surface area contributed by atoms with Crippen LogP contribution < -0.4 is 0 Å². The van der Waals surface area contributed by atoms with E-state index in [0.29, 0.717) is 5.92 Å². The summed E-state index contributed by atoms with van der Waals surface area (Å²) in [5, 5.41) is 0. The van der Waals surface area contributed by atoms with Crippen LogP contribution >= 0.6 is 0 Å². The number of unbranched alkanes of at least 4 members (excludes halogenated alkanes) is 1. The van der Waals surface area contributed by atoms with Crippen LogP contribution in [0.1, 0.15) is 53.4 Å². The summed E-state index contributed by atoms with van der Waals surface area (Å²) in [4.78, 5) is 0. The largest absolute Gasteiger partial charge is 0.381 e. The molecule has 0 heterocycles. The monoisotopic (exact) mass is 230 g/mol. The molecule has 0 spiro atoms. The van der Waals surface area contributed by atoms with Gasteiger partial charge >= 0.3 is 0 Å². The van der Waals surface area contributed by atoms with Gasteiger partial charge in [-0.05, 0) is 37.5 Å². The molecular formula is C14H30O2. The van der Waals surface area contributed by atoms with Crippen LogP contribution in [0.15, 0.2) is 0 Å². The van der Waals surface area contributed by atoms with Gasteiger partial charge in [0.15, 0.2) is 0 Å². The van der Waals surface area contributed by atoms with Crippen molar-refractivity contribution in [2.45, 2.75) is 53.4 Å². The first-order valence-electron chi connectivity index (χ1n) is 6.78. The highest BCUT2D eigenvalue weighted by Crippen LogP contribution is 2.03. The van der Waals surface area contributed by atoms with Gasteiger partial charge in [-0.1, -0.05) is 27.7 Å². The van der Waals surface area contributed by atoms with Crippen LogP contribution in [0, 0.1) is 11.8 Å². The van der Waals surface area contributed by atoms with E-state index in [9.17, 15) is 0 Å². The lowest BCUT2D eigenvalue weighted by Crippen LogP contribution is -2.04. The first-order chi connectivity index (χ1) is 7.63. The van der Waals surface area contributed by atoms with Crippen LogP contribution in [-0.2, 0) is 9.47 Å². The van der Waals surface area contributed by atoms with Gasteiger partial charge in [0.2, 0.25) is 0 Å². The molecule has 0 amide bonds. The van der Waals surface area contributed by atoms with Crippen molar-refractivity contribution in [3.8, 4) is 0 Å². The molecule has 98 valence electrons. The van der Waals surface area contributed by atoms with Crippen molar-refractivity contribution in [3.63, 3.8) is 0 Å². The molecule has 0 aromatic rings. The Bertz CT molecular complexity index is 117. The maximum absolute atomic E-state index is 5.56. The van der Waals surface area contributed by atoms with Crippen molar-refractivity contribution >= 4 is 0 Å². The lowest BCUT2D eigenvalue weighted by molar-refractivity contribution is 0.0884. The molecule has 0 atom stereocenters. The molecule has 0 bridgehead atoms. The Morgan fingerprint density at radius 2 is 1.25 bits per heavy atom. The van der Waals surface area contributed by atoms with Crippen LogP contribution in [-0.4, -0.2) is 26.4 Å². The summed E-state index contributed by atoms with van der Waals surface area (Å²) < 4.78 is 11.1. The molecule has 0 aliphatic rings. The average molecular weight is 230 g/mol. The number of ether oxygens (including phenoxy) is 2. The summed E-state index contributed by atoms with van der Waals surface area (Å²) in [6, 6.07) is 0. The lowest BCUT2D eigenvalue weighted by Gasteiger charge is -2.07. The highest BCUT2D eigenvalue weighted by Gasteiger charge is 1.95.